The van der Waals surface area contributed by atoms with Crippen LogP contribution in [0.2, 0.25) is 0 Å². The predicted octanol–water partition coefficient (Wildman–Crippen LogP) is 0.820. The van der Waals surface area contributed by atoms with E-state index in [0.717, 1.165) is 0 Å². The van der Waals surface area contributed by atoms with Crippen molar-refractivity contribution in [2.75, 3.05) is 13.2 Å². The number of carboxylic acids is 1. The molecule has 0 heterocycles. The Morgan fingerprint density at radius 2 is 1.82 bits per heavy atom. The first-order chi connectivity index (χ1) is 7.88. The Kier molecular flexibility index (Phi) is 7.29. The maximum atomic E-state index is 11.5. The molecule has 0 aromatic carbocycles. The zero-order valence-corrected chi connectivity index (χ0v) is 10.8. The summed E-state index contributed by atoms with van der Waals surface area (Å²) in [6.07, 6.45) is 0. The molecule has 2 atom stereocenters. The van der Waals surface area contributed by atoms with Gasteiger partial charge >= 0.3 is 12.0 Å². The van der Waals surface area contributed by atoms with Crippen molar-refractivity contribution >= 4 is 12.0 Å². The van der Waals surface area contributed by atoms with Gasteiger partial charge in [-0.1, -0.05) is 13.8 Å². The lowest BCUT2D eigenvalue weighted by Crippen LogP contribution is -2.51. The highest BCUT2D eigenvalue weighted by atomic mass is 16.5. The Morgan fingerprint density at radius 3 is 2.24 bits per heavy atom. The van der Waals surface area contributed by atoms with Gasteiger partial charge in [-0.3, -0.25) is 0 Å². The normalized spacial score (nSPS) is 14.2. The summed E-state index contributed by atoms with van der Waals surface area (Å²) in [6.45, 7) is 8.12. The van der Waals surface area contributed by atoms with Crippen LogP contribution in [0.1, 0.15) is 27.7 Å². The van der Waals surface area contributed by atoms with Crippen molar-refractivity contribution in [2.45, 2.75) is 39.8 Å². The van der Waals surface area contributed by atoms with Crippen molar-refractivity contribution < 1.29 is 19.4 Å². The van der Waals surface area contributed by atoms with Crippen LogP contribution in [-0.4, -0.2) is 42.4 Å². The Balaban J connectivity index is 4.10. The quantitative estimate of drug-likeness (QED) is 0.620. The second-order valence-electron chi connectivity index (χ2n) is 4.24. The molecule has 0 aromatic rings. The summed E-state index contributed by atoms with van der Waals surface area (Å²) in [5.74, 6) is -1.20. The Labute approximate surface area is 102 Å². The highest BCUT2D eigenvalue weighted by Gasteiger charge is 2.23. The molecule has 0 radical (unpaired) electrons. The molecule has 0 fully saturated rings. The summed E-state index contributed by atoms with van der Waals surface area (Å²) in [7, 11) is 0. The molecular weight excluding hydrogens is 224 g/mol. The molecule has 17 heavy (non-hydrogen) atoms. The van der Waals surface area contributed by atoms with E-state index in [-0.39, 0.29) is 12.0 Å². The molecule has 0 aliphatic rings. The molecule has 3 N–H and O–H groups in total. The van der Waals surface area contributed by atoms with Gasteiger partial charge in [-0.2, -0.15) is 0 Å². The van der Waals surface area contributed by atoms with Gasteiger partial charge in [0.05, 0.1) is 12.6 Å². The van der Waals surface area contributed by atoms with E-state index >= 15 is 0 Å². The third-order valence-corrected chi connectivity index (χ3v) is 2.17. The average Bonchev–Trinajstić information content (AvgIpc) is 2.22. The zero-order chi connectivity index (χ0) is 13.4. The molecule has 0 aliphatic carbocycles. The fraction of sp³-hybridized carbons (Fsp3) is 0.818. The van der Waals surface area contributed by atoms with Crippen LogP contribution in [0.4, 0.5) is 4.79 Å². The highest BCUT2D eigenvalue weighted by molar-refractivity contribution is 5.82. The van der Waals surface area contributed by atoms with E-state index in [9.17, 15) is 9.59 Å². The van der Waals surface area contributed by atoms with E-state index in [1.165, 1.54) is 0 Å². The number of carbonyl (C=O) groups is 2. The number of carbonyl (C=O) groups excluding carboxylic acids is 1. The summed E-state index contributed by atoms with van der Waals surface area (Å²) in [6, 6.07) is -1.52. The maximum Gasteiger partial charge on any atom is 0.326 e. The number of hydrogen-bond donors (Lipinski definition) is 3. The standard InChI is InChI=1S/C11H22N2O4/c1-5-17-6-8(4)12-11(16)13-9(7(2)3)10(14)15/h7-9H,5-6H2,1-4H3,(H,14,15)(H2,12,13,16)/t8?,9-/m1/s1. The van der Waals surface area contributed by atoms with Crippen LogP contribution in [0.5, 0.6) is 0 Å². The lowest BCUT2D eigenvalue weighted by Gasteiger charge is -2.20. The van der Waals surface area contributed by atoms with Crippen LogP contribution in [-0.2, 0) is 9.53 Å². The number of ether oxygens (including phenoxy) is 1. The van der Waals surface area contributed by atoms with Gasteiger partial charge in [0.1, 0.15) is 6.04 Å². The summed E-state index contributed by atoms with van der Waals surface area (Å²) < 4.78 is 5.14. The monoisotopic (exact) mass is 246 g/mol. The van der Waals surface area contributed by atoms with Gasteiger partial charge in [0.25, 0.3) is 0 Å². The van der Waals surface area contributed by atoms with Crippen molar-refractivity contribution in [2.24, 2.45) is 5.92 Å². The van der Waals surface area contributed by atoms with E-state index in [0.29, 0.717) is 13.2 Å². The van der Waals surface area contributed by atoms with Gasteiger partial charge in [0, 0.05) is 6.61 Å². The van der Waals surface area contributed by atoms with Gasteiger partial charge in [-0.05, 0) is 19.8 Å². The molecule has 0 aliphatic heterocycles. The van der Waals surface area contributed by atoms with Crippen LogP contribution in [0, 0.1) is 5.92 Å². The van der Waals surface area contributed by atoms with E-state index in [1.54, 1.807) is 20.8 Å². The molecule has 2 amide bonds. The molecule has 1 unspecified atom stereocenters. The number of hydrogen-bond acceptors (Lipinski definition) is 3. The van der Waals surface area contributed by atoms with Crippen molar-refractivity contribution in [1.29, 1.82) is 0 Å². The van der Waals surface area contributed by atoms with Crippen molar-refractivity contribution in [1.82, 2.24) is 10.6 Å². The minimum absolute atomic E-state index is 0.156. The highest BCUT2D eigenvalue weighted by Crippen LogP contribution is 2.01. The number of nitrogens with one attached hydrogen (secondary N) is 2. The first-order valence-electron chi connectivity index (χ1n) is 5.76. The number of rotatable bonds is 7. The molecule has 0 spiro atoms. The second-order valence-corrected chi connectivity index (χ2v) is 4.24. The van der Waals surface area contributed by atoms with Crippen molar-refractivity contribution in [3.05, 3.63) is 0 Å². The fourth-order valence-corrected chi connectivity index (χ4v) is 1.26. The third kappa shape index (κ3) is 6.78. The molecule has 0 bridgehead atoms. The van der Waals surface area contributed by atoms with Crippen molar-refractivity contribution in [3.8, 4) is 0 Å². The summed E-state index contributed by atoms with van der Waals surface area (Å²) in [4.78, 5) is 22.4. The average molecular weight is 246 g/mol. The van der Waals surface area contributed by atoms with Crippen LogP contribution >= 0.6 is 0 Å². The minimum Gasteiger partial charge on any atom is -0.480 e. The van der Waals surface area contributed by atoms with Gasteiger partial charge in [-0.25, -0.2) is 9.59 Å². The first-order valence-corrected chi connectivity index (χ1v) is 5.76. The van der Waals surface area contributed by atoms with Gasteiger partial charge in [0.2, 0.25) is 0 Å². The lowest BCUT2D eigenvalue weighted by molar-refractivity contribution is -0.140. The predicted molar refractivity (Wildman–Crippen MR) is 63.9 cm³/mol. The molecule has 6 nitrogen and oxygen atoms in total. The molecule has 100 valence electrons. The molecular formula is C11H22N2O4. The number of aliphatic carboxylic acids is 1. The minimum atomic E-state index is -1.03. The van der Waals surface area contributed by atoms with Gasteiger partial charge < -0.3 is 20.5 Å². The zero-order valence-electron chi connectivity index (χ0n) is 10.8. The van der Waals surface area contributed by atoms with Gasteiger partial charge in [-0.15, -0.1) is 0 Å². The van der Waals surface area contributed by atoms with E-state index < -0.39 is 18.0 Å². The molecule has 0 aromatic heterocycles. The maximum absolute atomic E-state index is 11.5. The fourth-order valence-electron chi connectivity index (χ4n) is 1.26. The number of amides is 2. The lowest BCUT2D eigenvalue weighted by atomic mass is 10.1. The van der Waals surface area contributed by atoms with Crippen LogP contribution < -0.4 is 10.6 Å². The van der Waals surface area contributed by atoms with Crippen LogP contribution in [0.25, 0.3) is 0 Å². The number of urea groups is 1. The first kappa shape index (κ1) is 15.7. The summed E-state index contributed by atoms with van der Waals surface area (Å²) in [5.41, 5.74) is 0. The molecule has 0 saturated heterocycles. The smallest absolute Gasteiger partial charge is 0.326 e. The van der Waals surface area contributed by atoms with E-state index in [4.69, 9.17) is 9.84 Å². The Morgan fingerprint density at radius 1 is 1.24 bits per heavy atom. The summed E-state index contributed by atoms with van der Waals surface area (Å²) in [5, 5.41) is 13.9. The topological polar surface area (TPSA) is 87.7 Å². The summed E-state index contributed by atoms with van der Waals surface area (Å²) >= 11 is 0. The van der Waals surface area contributed by atoms with Gasteiger partial charge in [0.15, 0.2) is 0 Å². The second kappa shape index (κ2) is 7.89. The molecule has 0 rings (SSSR count). The Hall–Kier alpha value is -1.30. The third-order valence-electron chi connectivity index (χ3n) is 2.17. The van der Waals surface area contributed by atoms with E-state index in [1.807, 2.05) is 6.92 Å². The van der Waals surface area contributed by atoms with Crippen molar-refractivity contribution in [3.63, 3.8) is 0 Å². The van der Waals surface area contributed by atoms with E-state index in [2.05, 4.69) is 10.6 Å². The molecule has 0 saturated carbocycles. The largest absolute Gasteiger partial charge is 0.480 e. The SMILES string of the molecule is CCOCC(C)NC(=O)N[C@@H](C(=O)O)C(C)C. The van der Waals surface area contributed by atoms with Crippen LogP contribution in [0.15, 0.2) is 0 Å². The number of carboxylic acid groups (broad SMARTS) is 1. The van der Waals surface area contributed by atoms with Crippen LogP contribution in [0.3, 0.4) is 0 Å². The Bertz CT molecular complexity index is 256. The molecule has 6 heteroatoms.